The predicted octanol–water partition coefficient (Wildman–Crippen LogP) is 2.25. The highest BCUT2D eigenvalue weighted by Gasteiger charge is 2.28. The molecular formula is C19H19NO4. The Labute approximate surface area is 140 Å². The van der Waals surface area contributed by atoms with E-state index in [1.807, 2.05) is 30.3 Å². The maximum Gasteiger partial charge on any atom is 0.339 e. The number of cyclic esters (lactones) is 1. The number of hydrogen-bond acceptors (Lipinski definition) is 4. The van der Waals surface area contributed by atoms with Crippen LogP contribution in [-0.4, -0.2) is 29.6 Å². The van der Waals surface area contributed by atoms with Crippen molar-refractivity contribution in [1.29, 1.82) is 0 Å². The van der Waals surface area contributed by atoms with Crippen molar-refractivity contribution in [1.82, 2.24) is 5.32 Å². The van der Waals surface area contributed by atoms with Gasteiger partial charge in [-0.2, -0.15) is 0 Å². The maximum atomic E-state index is 12.2. The summed E-state index contributed by atoms with van der Waals surface area (Å²) in [6.45, 7) is 1.60. The van der Waals surface area contributed by atoms with Crippen molar-refractivity contribution in [3.05, 3.63) is 70.8 Å². The lowest BCUT2D eigenvalue weighted by atomic mass is 9.93. The number of benzene rings is 2. The second kappa shape index (κ2) is 6.84. The summed E-state index contributed by atoms with van der Waals surface area (Å²) in [5, 5.41) is 11.7. The highest BCUT2D eigenvalue weighted by molar-refractivity contribution is 5.97. The largest absolute Gasteiger partial charge is 0.454 e. The van der Waals surface area contributed by atoms with Crippen molar-refractivity contribution in [3.8, 4) is 0 Å². The lowest BCUT2D eigenvalue weighted by molar-refractivity contribution is 0.0252. The molecule has 1 aliphatic heterocycles. The Bertz CT molecular complexity index is 757. The second-order valence-electron chi connectivity index (χ2n) is 5.94. The van der Waals surface area contributed by atoms with Gasteiger partial charge in [0.15, 0.2) is 0 Å². The summed E-state index contributed by atoms with van der Waals surface area (Å²) in [5.74, 6) is -0.643. The molecule has 124 valence electrons. The van der Waals surface area contributed by atoms with Gasteiger partial charge in [-0.25, -0.2) is 4.79 Å². The maximum absolute atomic E-state index is 12.2. The average molecular weight is 325 g/mol. The van der Waals surface area contributed by atoms with Gasteiger partial charge in [0.1, 0.15) is 6.10 Å². The Morgan fingerprint density at radius 2 is 2.04 bits per heavy atom. The lowest BCUT2D eigenvalue weighted by Gasteiger charge is -2.25. The summed E-state index contributed by atoms with van der Waals surface area (Å²) < 4.78 is 5.51. The van der Waals surface area contributed by atoms with E-state index < -0.39 is 0 Å². The monoisotopic (exact) mass is 325 g/mol. The van der Waals surface area contributed by atoms with Gasteiger partial charge in [-0.15, -0.1) is 0 Å². The van der Waals surface area contributed by atoms with Crippen molar-refractivity contribution in [3.63, 3.8) is 0 Å². The van der Waals surface area contributed by atoms with Crippen LogP contribution >= 0.6 is 0 Å². The quantitative estimate of drug-likeness (QED) is 0.846. The van der Waals surface area contributed by atoms with Crippen molar-refractivity contribution in [2.45, 2.75) is 25.5 Å². The topological polar surface area (TPSA) is 75.6 Å². The van der Waals surface area contributed by atoms with Crippen molar-refractivity contribution >= 4 is 11.9 Å². The van der Waals surface area contributed by atoms with E-state index in [-0.39, 0.29) is 30.6 Å². The van der Waals surface area contributed by atoms with Crippen LogP contribution in [0.1, 0.15) is 44.9 Å². The molecule has 0 spiro atoms. The van der Waals surface area contributed by atoms with E-state index in [0.29, 0.717) is 17.5 Å². The molecule has 2 aromatic carbocycles. The molecule has 0 radical (unpaired) electrons. The van der Waals surface area contributed by atoms with E-state index in [4.69, 9.17) is 9.84 Å². The molecule has 2 N–H and O–H groups in total. The predicted molar refractivity (Wildman–Crippen MR) is 88.8 cm³/mol. The van der Waals surface area contributed by atoms with Gasteiger partial charge in [0.05, 0.1) is 12.2 Å². The smallest absolute Gasteiger partial charge is 0.339 e. The number of aliphatic hydroxyl groups excluding tert-OH is 1. The molecule has 1 aliphatic rings. The fourth-order valence-electron chi connectivity index (χ4n) is 2.74. The van der Waals surface area contributed by atoms with Gasteiger partial charge in [-0.05, 0) is 36.2 Å². The van der Waals surface area contributed by atoms with Crippen LogP contribution in [0, 0.1) is 0 Å². The van der Waals surface area contributed by atoms with Gasteiger partial charge in [0, 0.05) is 18.0 Å². The molecule has 5 heteroatoms. The number of ether oxygens (including phenoxy) is 1. The van der Waals surface area contributed by atoms with E-state index in [1.54, 1.807) is 25.1 Å². The molecule has 0 bridgehead atoms. The number of nitrogens with one attached hydrogen (secondary N) is 1. The van der Waals surface area contributed by atoms with Gasteiger partial charge in [0.2, 0.25) is 0 Å². The summed E-state index contributed by atoms with van der Waals surface area (Å²) in [5.41, 5.74) is 2.69. The van der Waals surface area contributed by atoms with Gasteiger partial charge >= 0.3 is 5.97 Å². The molecule has 5 nitrogen and oxygen atoms in total. The molecular weight excluding hydrogens is 306 g/mol. The number of hydrogen-bond donors (Lipinski definition) is 2. The molecule has 2 unspecified atom stereocenters. The summed E-state index contributed by atoms with van der Waals surface area (Å²) >= 11 is 0. The SMILES string of the molecule is CC(CO)NC(=O)c1ccc2c(c1)CC(c1ccccc1)OC2=O. The zero-order valence-corrected chi connectivity index (χ0v) is 13.4. The Morgan fingerprint density at radius 3 is 2.75 bits per heavy atom. The van der Waals surface area contributed by atoms with Gasteiger partial charge in [0.25, 0.3) is 5.91 Å². The summed E-state index contributed by atoms with van der Waals surface area (Å²) in [6, 6.07) is 14.2. The number of carbonyl (C=O) groups is 2. The van der Waals surface area contributed by atoms with Gasteiger partial charge in [-0.3, -0.25) is 4.79 Å². The molecule has 2 atom stereocenters. The number of carbonyl (C=O) groups excluding carboxylic acids is 2. The first-order valence-corrected chi connectivity index (χ1v) is 7.89. The van der Waals surface area contributed by atoms with Crippen LogP contribution in [0.3, 0.4) is 0 Å². The molecule has 0 aromatic heterocycles. The summed E-state index contributed by atoms with van der Waals surface area (Å²) in [6.07, 6.45) is 0.183. The van der Waals surface area contributed by atoms with Crippen molar-refractivity contribution in [2.75, 3.05) is 6.61 Å². The van der Waals surface area contributed by atoms with Crippen LogP contribution in [0.4, 0.5) is 0 Å². The highest BCUT2D eigenvalue weighted by atomic mass is 16.5. The van der Waals surface area contributed by atoms with Gasteiger partial charge < -0.3 is 15.2 Å². The summed E-state index contributed by atoms with van der Waals surface area (Å²) in [7, 11) is 0. The van der Waals surface area contributed by atoms with Crippen molar-refractivity contribution < 1.29 is 19.4 Å². The zero-order valence-electron chi connectivity index (χ0n) is 13.4. The Morgan fingerprint density at radius 1 is 1.29 bits per heavy atom. The molecule has 2 aromatic rings. The minimum atomic E-state index is -0.374. The number of rotatable bonds is 4. The van der Waals surface area contributed by atoms with Crippen LogP contribution in [0.5, 0.6) is 0 Å². The lowest BCUT2D eigenvalue weighted by Crippen LogP contribution is -2.35. The molecule has 3 rings (SSSR count). The fourth-order valence-corrected chi connectivity index (χ4v) is 2.74. The Hall–Kier alpha value is -2.66. The molecule has 24 heavy (non-hydrogen) atoms. The third kappa shape index (κ3) is 3.31. The first-order chi connectivity index (χ1) is 11.6. The van der Waals surface area contributed by atoms with E-state index >= 15 is 0 Å². The minimum Gasteiger partial charge on any atom is -0.454 e. The number of fused-ring (bicyclic) bond motifs is 1. The van der Waals surface area contributed by atoms with E-state index in [2.05, 4.69) is 5.32 Å². The Balaban J connectivity index is 1.86. The third-order valence-electron chi connectivity index (χ3n) is 4.06. The van der Waals surface area contributed by atoms with Crippen LogP contribution in [0.15, 0.2) is 48.5 Å². The molecule has 0 saturated heterocycles. The minimum absolute atomic E-state index is 0.126. The first kappa shape index (κ1) is 16.2. The standard InChI is InChI=1S/C19H19NO4/c1-12(11-21)20-18(22)14-7-8-16-15(9-14)10-17(24-19(16)23)13-5-3-2-4-6-13/h2-9,12,17,21H,10-11H2,1H3,(H,20,22). The van der Waals surface area contributed by atoms with Crippen LogP contribution in [0.2, 0.25) is 0 Å². The first-order valence-electron chi connectivity index (χ1n) is 7.89. The molecule has 1 heterocycles. The van der Waals surface area contributed by atoms with E-state index in [1.165, 1.54) is 0 Å². The molecule has 0 saturated carbocycles. The highest BCUT2D eigenvalue weighted by Crippen LogP contribution is 2.31. The van der Waals surface area contributed by atoms with Crippen LogP contribution in [-0.2, 0) is 11.2 Å². The fraction of sp³-hybridized carbons (Fsp3) is 0.263. The number of aliphatic hydroxyl groups is 1. The van der Waals surface area contributed by atoms with Crippen molar-refractivity contribution in [2.24, 2.45) is 0 Å². The Kier molecular flexibility index (Phi) is 4.62. The molecule has 0 aliphatic carbocycles. The normalized spacial score (nSPS) is 17.6. The van der Waals surface area contributed by atoms with E-state index in [0.717, 1.165) is 11.1 Å². The summed E-state index contributed by atoms with van der Waals surface area (Å²) in [4.78, 5) is 24.4. The van der Waals surface area contributed by atoms with Crippen LogP contribution in [0.25, 0.3) is 0 Å². The van der Waals surface area contributed by atoms with E-state index in [9.17, 15) is 9.59 Å². The second-order valence-corrected chi connectivity index (χ2v) is 5.94. The third-order valence-corrected chi connectivity index (χ3v) is 4.06. The molecule has 1 amide bonds. The number of amides is 1. The molecule has 0 fully saturated rings. The van der Waals surface area contributed by atoms with Crippen LogP contribution < -0.4 is 5.32 Å². The average Bonchev–Trinajstić information content (AvgIpc) is 2.61. The van der Waals surface area contributed by atoms with Gasteiger partial charge in [-0.1, -0.05) is 30.3 Å². The zero-order chi connectivity index (χ0) is 17.1. The number of esters is 1.